The van der Waals surface area contributed by atoms with Crippen LogP contribution in [0.1, 0.15) is 213 Å². The predicted octanol–water partition coefficient (Wildman–Crippen LogP) is 14.1. The SMILES string of the molecule is [2H]C([2H])(NC)C([2H])([2H])C([2H])([2H])c1nc2ccccc2[nH]1.[2H]C([2H])([2H])N(CC[C@]1(O)[C@@H](C(C)C)c2ccc(F)cc2C([2H])([2H])C1([2H])[2H])C([2H])([2H])C([2H])([2H])C([2H])([2H])c1nc2ccccc2[nH]1.[2H]C([2H])(c1nc2ccccc2[nH]1)C([2H])([2H])C([2H])([2H])N(C)C(=O)C[C@]1(O)[C@@H](C(C)C)c2ccc(F)cc2C([2H])([2H])C1([2H])[2H].[2H]C1([2H])c2cc(F)ccc2[C@H](C(C)C)[C@@](O)(CC(=O)O)C1([2H])[2H]. The summed E-state index contributed by atoms with van der Waals surface area (Å²) in [5.41, 5.74) is -5.94. The summed E-state index contributed by atoms with van der Waals surface area (Å²) >= 11 is 0. The van der Waals surface area contributed by atoms with Crippen LogP contribution in [0.3, 0.4) is 0 Å². The van der Waals surface area contributed by atoms with E-state index in [0.717, 1.165) is 43.4 Å². The van der Waals surface area contributed by atoms with E-state index in [1.165, 1.54) is 31.3 Å². The van der Waals surface area contributed by atoms with E-state index in [4.69, 9.17) is 50.3 Å². The number of fused-ring (bicyclic) bond motifs is 6. The molecule has 8 N–H and O–H groups in total. The van der Waals surface area contributed by atoms with E-state index >= 15 is 0 Å². The number of halogens is 3. The number of nitrogens with zero attached hydrogens (tertiary/aromatic N) is 5. The molecule has 3 aliphatic rings. The maximum atomic E-state index is 14.2. The van der Waals surface area contributed by atoms with Crippen LogP contribution in [-0.2, 0) is 47.8 Å². The van der Waals surface area contributed by atoms with Gasteiger partial charge in [-0.15, -0.1) is 0 Å². The zero-order chi connectivity index (χ0) is 98.3. The Morgan fingerprint density at radius 3 is 1.34 bits per heavy atom. The number of rotatable bonds is 22. The van der Waals surface area contributed by atoms with E-state index < -0.39 is 216 Å². The van der Waals surface area contributed by atoms with Crippen LogP contribution >= 0.6 is 0 Å². The molecule has 96 heavy (non-hydrogen) atoms. The van der Waals surface area contributed by atoms with Gasteiger partial charge in [-0.05, 0) is 215 Å². The smallest absolute Gasteiger partial charge is 0.306 e. The number of nitrogens with one attached hydrogen (secondary N) is 4. The van der Waals surface area contributed by atoms with Crippen molar-refractivity contribution in [3.8, 4) is 0 Å². The molecule has 0 aliphatic heterocycles. The lowest BCUT2D eigenvalue weighted by molar-refractivity contribution is -0.145. The van der Waals surface area contributed by atoms with Crippen LogP contribution in [0.25, 0.3) is 33.1 Å². The normalized spacial score (nSPS) is 30.2. The first kappa shape index (κ1) is 40.2. The molecule has 0 bridgehead atoms. The first-order valence-corrected chi connectivity index (χ1v) is 30.8. The molecule has 1 amide bonds. The minimum absolute atomic E-state index is 0.0433. The number of para-hydroxylation sites is 6. The van der Waals surface area contributed by atoms with E-state index in [-0.39, 0.29) is 60.4 Å². The van der Waals surface area contributed by atoms with E-state index in [1.54, 1.807) is 108 Å². The van der Waals surface area contributed by atoms with Crippen molar-refractivity contribution in [3.05, 3.63) is 196 Å². The predicted molar refractivity (Wildman–Crippen MR) is 376 cm³/mol. The maximum Gasteiger partial charge on any atom is 0.306 e. The molecule has 18 heteroatoms. The highest BCUT2D eigenvalue weighted by Crippen LogP contribution is 2.48. The number of aryl methyl sites for hydroxylation is 6. The van der Waals surface area contributed by atoms with Gasteiger partial charge in [0.05, 0.1) is 62.7 Å². The number of aliphatic carboxylic acids is 1. The van der Waals surface area contributed by atoms with Gasteiger partial charge in [0.1, 0.15) is 34.9 Å². The van der Waals surface area contributed by atoms with Crippen molar-refractivity contribution in [2.45, 2.75) is 172 Å². The number of hydrogen-bond donors (Lipinski definition) is 8. The van der Waals surface area contributed by atoms with Gasteiger partial charge in [0.25, 0.3) is 0 Å². The largest absolute Gasteiger partial charge is 0.481 e. The van der Waals surface area contributed by atoms with Crippen molar-refractivity contribution in [3.63, 3.8) is 0 Å². The summed E-state index contributed by atoms with van der Waals surface area (Å²) in [5.74, 6) is -11.4. The van der Waals surface area contributed by atoms with Crippen LogP contribution in [0, 0.1) is 35.2 Å². The summed E-state index contributed by atoms with van der Waals surface area (Å²) in [4.78, 5) is 45.3. The highest BCUT2D eigenvalue weighted by Gasteiger charge is 2.47. The highest BCUT2D eigenvalue weighted by atomic mass is 19.1. The van der Waals surface area contributed by atoms with Crippen LogP contribution in [-0.4, -0.2) is 136 Å². The fraction of sp³-hybridized carbons (Fsp3) is 0.474. The molecule has 0 spiro atoms. The lowest BCUT2D eigenvalue weighted by Crippen LogP contribution is -2.47. The summed E-state index contributed by atoms with van der Waals surface area (Å²) in [7, 11) is 2.10. The maximum absolute atomic E-state index is 14.2. The Balaban J connectivity index is 0.000000204. The van der Waals surface area contributed by atoms with Crippen molar-refractivity contribution in [2.75, 3.05) is 47.1 Å². The van der Waals surface area contributed by atoms with Crippen LogP contribution in [0.5, 0.6) is 0 Å². The fourth-order valence-electron chi connectivity index (χ4n) is 12.0. The number of carboxylic acid groups (broad SMARTS) is 1. The standard InChI is InChI=1S/C26H32FN3O2.C26H34FN3O.C15H19FO3.C11H15N3/c1-17(2)25-20-11-10-19(27)15-18(20)12-13-26(25,32)16-24(31)30(3)14-6-9-23-28-21-7-4-5-8-22(21)29-23;1-18(2)25-21-11-10-20(27)17-19(21)12-13-26(25,31)14-16-30(3)15-6-9-24-28-22-7-4-5-8-23(22)29-24;1-9(2)14-12-4-3-11(16)7-10(12)5-6-15(14,19)8-13(17)18;1-12-8-4-7-11-13-9-5-2-3-6-10(9)14-11/h4-5,7-8,10-11,15,17,25,32H,6,9,12-14,16H2,1-3H3,(H,28,29);4-5,7-8,10-11,17-18,25,31H,6,9,12-16H2,1-3H3,(H,28,29);3-4,7,9,14,19H,5-6,8H2,1-2H3,(H,17,18);2-3,5-6,12H,4,7-8H2,1H3,(H,13,14)/t2*25-,26-;14-,15-;/m000./s1/i6D2,9D2,12D2,13D2,14D2;3D3,6D2,9D2,12D2,13D2,15D2;5D2,6D2;4D2,7D2,8D2. The van der Waals surface area contributed by atoms with Gasteiger partial charge in [-0.1, -0.05) is 96.1 Å². The number of carbonyl (C=O) groups is 2. The molecule has 3 aromatic heterocycles. The third kappa shape index (κ3) is 18.3. The van der Waals surface area contributed by atoms with Crippen molar-refractivity contribution < 1.29 is 88.4 Å². The minimum Gasteiger partial charge on any atom is -0.481 e. The average molecular weight is 1350 g/mol. The van der Waals surface area contributed by atoms with Gasteiger partial charge in [0, 0.05) is 102 Å². The first-order chi connectivity index (χ1) is 58.4. The number of amides is 1. The zero-order valence-electron chi connectivity index (χ0n) is 86.9. The van der Waals surface area contributed by atoms with E-state index in [9.17, 15) is 38.1 Å². The number of carboxylic acids is 1. The summed E-state index contributed by atoms with van der Waals surface area (Å²) < 4.78 is 318. The third-order valence-corrected chi connectivity index (χ3v) is 16.1. The Bertz CT molecular complexity index is 5540. The van der Waals surface area contributed by atoms with Crippen LogP contribution in [0.4, 0.5) is 13.2 Å². The molecule has 0 fully saturated rings. The molecule has 3 aliphatic carbocycles. The molecule has 15 nitrogen and oxygen atoms in total. The van der Waals surface area contributed by atoms with Gasteiger partial charge in [-0.2, -0.15) is 0 Å². The number of hydrogen-bond acceptors (Lipinski definition) is 10. The lowest BCUT2D eigenvalue weighted by Gasteiger charge is -2.44. The quantitative estimate of drug-likeness (QED) is 0.0319. The molecule has 514 valence electrons. The van der Waals surface area contributed by atoms with Gasteiger partial charge in [0.15, 0.2) is 0 Å². The van der Waals surface area contributed by atoms with Crippen molar-refractivity contribution in [1.29, 1.82) is 0 Å². The molecule has 6 aromatic carbocycles. The van der Waals surface area contributed by atoms with Gasteiger partial charge >= 0.3 is 5.97 Å². The molecule has 9 aromatic rings. The Hall–Kier alpha value is -7.74. The molecule has 12 rings (SSSR count). The van der Waals surface area contributed by atoms with Gasteiger partial charge in [-0.25, -0.2) is 28.1 Å². The molecule has 0 saturated heterocycles. The van der Waals surface area contributed by atoms with Crippen LogP contribution < -0.4 is 5.32 Å². The summed E-state index contributed by atoms with van der Waals surface area (Å²) in [6.07, 6.45) is -39.8. The fourth-order valence-corrected chi connectivity index (χ4v) is 12.0. The number of aliphatic hydroxyl groups is 3. The van der Waals surface area contributed by atoms with Crippen molar-refractivity contribution >= 4 is 45.0 Å². The molecule has 6 atom stereocenters. The zero-order valence-corrected chi connectivity index (χ0v) is 53.9. The highest BCUT2D eigenvalue weighted by molar-refractivity contribution is 5.78. The van der Waals surface area contributed by atoms with Gasteiger partial charge < -0.3 is 50.5 Å². The van der Waals surface area contributed by atoms with Gasteiger partial charge in [0.2, 0.25) is 5.91 Å². The second kappa shape index (κ2) is 32.5. The summed E-state index contributed by atoms with van der Waals surface area (Å²) in [5, 5.41) is 46.2. The van der Waals surface area contributed by atoms with Crippen LogP contribution in [0.2, 0.25) is 0 Å². The Morgan fingerprint density at radius 2 is 0.958 bits per heavy atom. The average Bonchev–Trinajstić information content (AvgIpc) is 1.33. The topological polar surface area (TPSA) is 220 Å². The Labute approximate surface area is 610 Å². The number of carbonyl (C=O) groups excluding carboxylic acids is 1. The van der Waals surface area contributed by atoms with E-state index in [1.807, 2.05) is 0 Å². The molecule has 0 unspecified atom stereocenters. The molecular formula is C78H100F3N9O6. The third-order valence-electron chi connectivity index (χ3n) is 16.1. The second-order valence-electron chi connectivity index (χ2n) is 24.1. The summed E-state index contributed by atoms with van der Waals surface area (Å²) in [6, 6.07) is 29.2. The monoisotopic (exact) mass is 1350 g/mol. The van der Waals surface area contributed by atoms with Crippen molar-refractivity contribution in [1.82, 2.24) is 45.0 Å². The van der Waals surface area contributed by atoms with Crippen molar-refractivity contribution in [2.24, 2.45) is 17.8 Å². The minimum atomic E-state index is -3.62. The van der Waals surface area contributed by atoms with E-state index in [0.29, 0.717) is 27.6 Å². The molecule has 3 heterocycles. The molecular weight excluding hydrogens is 1220 g/mol. The molecule has 0 radical (unpaired) electrons. The number of aromatic amines is 3. The Kier molecular flexibility index (Phi) is 13.6. The first-order valence-electron chi connectivity index (χ1n) is 47.3. The van der Waals surface area contributed by atoms with E-state index in [2.05, 4.69) is 35.2 Å². The number of aromatic nitrogens is 6. The molecule has 0 saturated carbocycles. The summed E-state index contributed by atoms with van der Waals surface area (Å²) in [6.45, 7) is -4.21. The number of H-pyrrole nitrogens is 3. The second-order valence-corrected chi connectivity index (χ2v) is 24.1. The van der Waals surface area contributed by atoms with Crippen LogP contribution in [0.15, 0.2) is 127 Å². The number of imidazole rings is 3. The lowest BCUT2D eigenvalue weighted by atomic mass is 9.66. The Morgan fingerprint density at radius 1 is 0.583 bits per heavy atom. The van der Waals surface area contributed by atoms with Gasteiger partial charge in [-0.3, -0.25) is 9.59 Å². The number of benzene rings is 6.